The number of alkyl halides is 3. The van der Waals surface area contributed by atoms with Crippen LogP contribution in [0.2, 0.25) is 5.02 Å². The van der Waals surface area contributed by atoms with Crippen molar-refractivity contribution in [1.29, 1.82) is 0 Å². The lowest BCUT2D eigenvalue weighted by Gasteiger charge is -2.35. The van der Waals surface area contributed by atoms with E-state index in [1.54, 1.807) is 11.0 Å². The van der Waals surface area contributed by atoms with Crippen molar-refractivity contribution in [3.63, 3.8) is 0 Å². The van der Waals surface area contributed by atoms with Gasteiger partial charge in [-0.3, -0.25) is 4.79 Å². The number of carbonyl (C=O) groups is 1. The van der Waals surface area contributed by atoms with E-state index in [-0.39, 0.29) is 18.2 Å². The topological polar surface area (TPSA) is 20.3 Å². The molecule has 4 aromatic carbocycles. The zero-order chi connectivity index (χ0) is 23.2. The lowest BCUT2D eigenvalue weighted by molar-refractivity contribution is -0.137. The second-order valence-electron chi connectivity index (χ2n) is 8.17. The third-order valence-electron chi connectivity index (χ3n) is 6.19. The molecule has 1 aliphatic rings. The van der Waals surface area contributed by atoms with E-state index in [1.807, 2.05) is 54.6 Å². The van der Waals surface area contributed by atoms with Crippen molar-refractivity contribution in [3.8, 4) is 0 Å². The molecule has 4 aromatic rings. The summed E-state index contributed by atoms with van der Waals surface area (Å²) < 4.78 is 39.3. The van der Waals surface area contributed by atoms with E-state index < -0.39 is 11.7 Å². The van der Waals surface area contributed by atoms with Crippen molar-refractivity contribution in [3.05, 3.63) is 112 Å². The van der Waals surface area contributed by atoms with Crippen LogP contribution in [-0.4, -0.2) is 5.91 Å². The second kappa shape index (κ2) is 8.23. The average Bonchev–Trinajstić information content (AvgIpc) is 2.81. The lowest BCUT2D eigenvalue weighted by Crippen LogP contribution is -2.36. The molecule has 1 heterocycles. The summed E-state index contributed by atoms with van der Waals surface area (Å²) in [6.45, 7) is 0.323. The van der Waals surface area contributed by atoms with Gasteiger partial charge in [-0.1, -0.05) is 72.3 Å². The number of nitrogens with zero attached hydrogens (tertiary/aromatic N) is 1. The van der Waals surface area contributed by atoms with E-state index in [0.29, 0.717) is 17.1 Å². The number of anilines is 1. The van der Waals surface area contributed by atoms with Crippen molar-refractivity contribution < 1.29 is 18.0 Å². The molecular weight excluding hydrogens is 447 g/mol. The summed E-state index contributed by atoms with van der Waals surface area (Å²) in [4.78, 5) is 15.0. The molecule has 33 heavy (non-hydrogen) atoms. The molecule has 2 nitrogen and oxygen atoms in total. The van der Waals surface area contributed by atoms with Crippen LogP contribution in [0, 0.1) is 0 Å². The van der Waals surface area contributed by atoms with Crippen molar-refractivity contribution in [2.24, 2.45) is 0 Å². The van der Waals surface area contributed by atoms with E-state index in [1.165, 1.54) is 12.1 Å². The summed E-state index contributed by atoms with van der Waals surface area (Å²) in [5.74, 6) is -0.439. The van der Waals surface area contributed by atoms with Gasteiger partial charge < -0.3 is 4.90 Å². The Morgan fingerprint density at radius 3 is 2.30 bits per heavy atom. The normalized spacial score (nSPS) is 16.2. The van der Waals surface area contributed by atoms with Gasteiger partial charge in [0, 0.05) is 23.0 Å². The summed E-state index contributed by atoms with van der Waals surface area (Å²) in [7, 11) is 0. The molecule has 1 atom stereocenters. The fraction of sp³-hybridized carbons (Fsp3) is 0.148. The summed E-state index contributed by atoms with van der Waals surface area (Å²) in [6.07, 6.45) is -4.24. The number of benzene rings is 4. The van der Waals surface area contributed by atoms with E-state index in [2.05, 4.69) is 0 Å². The molecule has 1 aliphatic heterocycles. The summed E-state index contributed by atoms with van der Waals surface area (Å²) in [5, 5.41) is 2.58. The Kier molecular flexibility index (Phi) is 5.37. The van der Waals surface area contributed by atoms with Crippen LogP contribution in [0.1, 0.15) is 34.6 Å². The molecule has 5 rings (SSSR count). The molecule has 0 spiro atoms. The largest absolute Gasteiger partial charge is 0.416 e. The fourth-order valence-corrected chi connectivity index (χ4v) is 4.76. The van der Waals surface area contributed by atoms with Crippen LogP contribution in [0.25, 0.3) is 10.8 Å². The van der Waals surface area contributed by atoms with Crippen molar-refractivity contribution >= 4 is 34.0 Å². The van der Waals surface area contributed by atoms with Gasteiger partial charge >= 0.3 is 6.18 Å². The Hall–Kier alpha value is -3.31. The molecule has 6 heteroatoms. The highest BCUT2D eigenvalue weighted by atomic mass is 35.5. The average molecular weight is 466 g/mol. The number of rotatable bonds is 3. The molecule has 0 aliphatic carbocycles. The molecule has 1 unspecified atom stereocenters. The number of hydrogen-bond donors (Lipinski definition) is 0. The number of fused-ring (bicyclic) bond motifs is 3. The Morgan fingerprint density at radius 2 is 1.58 bits per heavy atom. The van der Waals surface area contributed by atoms with Crippen LogP contribution in [-0.2, 0) is 17.5 Å². The van der Waals surface area contributed by atoms with Crippen LogP contribution >= 0.6 is 11.6 Å². The number of amides is 1. The van der Waals surface area contributed by atoms with Gasteiger partial charge in [-0.25, -0.2) is 0 Å². The van der Waals surface area contributed by atoms with Gasteiger partial charge in [-0.15, -0.1) is 0 Å². The first-order valence-electron chi connectivity index (χ1n) is 10.6. The molecule has 1 amide bonds. The maximum absolute atomic E-state index is 13.3. The number of carbonyl (C=O) groups excluding carboxylic acids is 1. The predicted octanol–water partition coefficient (Wildman–Crippen LogP) is 7.58. The van der Waals surface area contributed by atoms with Gasteiger partial charge in [0.2, 0.25) is 5.91 Å². The number of hydrogen-bond acceptors (Lipinski definition) is 1. The van der Waals surface area contributed by atoms with Gasteiger partial charge in [0.05, 0.1) is 12.1 Å². The van der Waals surface area contributed by atoms with Crippen molar-refractivity contribution in [2.75, 3.05) is 4.90 Å². The summed E-state index contributed by atoms with van der Waals surface area (Å²) >= 11 is 6.36. The van der Waals surface area contributed by atoms with Gasteiger partial charge in [0.15, 0.2) is 0 Å². The minimum Gasteiger partial charge on any atom is -0.308 e. The highest BCUT2D eigenvalue weighted by Gasteiger charge is 2.35. The van der Waals surface area contributed by atoms with Gasteiger partial charge in [-0.05, 0) is 51.7 Å². The lowest BCUT2D eigenvalue weighted by atomic mass is 9.81. The molecule has 0 fully saturated rings. The van der Waals surface area contributed by atoms with Crippen molar-refractivity contribution in [1.82, 2.24) is 0 Å². The highest BCUT2D eigenvalue weighted by molar-refractivity contribution is 6.31. The van der Waals surface area contributed by atoms with Crippen LogP contribution < -0.4 is 4.90 Å². The Bertz CT molecular complexity index is 1350. The Balaban J connectivity index is 1.65. The van der Waals surface area contributed by atoms with E-state index >= 15 is 0 Å². The Labute approximate surface area is 194 Å². The summed E-state index contributed by atoms with van der Waals surface area (Å²) in [6, 6.07) is 24.3. The monoisotopic (exact) mass is 465 g/mol. The van der Waals surface area contributed by atoms with E-state index in [4.69, 9.17) is 11.6 Å². The highest BCUT2D eigenvalue weighted by Crippen LogP contribution is 2.45. The first kappa shape index (κ1) is 21.5. The first-order chi connectivity index (χ1) is 15.8. The standard InChI is InChI=1S/C27H19ClF3NO/c28-23-8-4-2-6-19(23)16-32-24-14-11-17-5-1-3-7-21(17)26(24)22(15-25(32)33)18-9-12-20(13-10-18)27(29,30)31/h1-14,22H,15-16H2. The van der Waals surface area contributed by atoms with Gasteiger partial charge in [-0.2, -0.15) is 13.2 Å². The van der Waals surface area contributed by atoms with Gasteiger partial charge in [0.1, 0.15) is 0 Å². The molecule has 0 aromatic heterocycles. The molecule has 166 valence electrons. The second-order valence-corrected chi connectivity index (χ2v) is 8.57. The summed E-state index contributed by atoms with van der Waals surface area (Å²) in [5.41, 5.74) is 2.52. The fourth-order valence-electron chi connectivity index (χ4n) is 4.57. The molecule has 0 bridgehead atoms. The van der Waals surface area contributed by atoms with E-state index in [0.717, 1.165) is 39.7 Å². The maximum atomic E-state index is 13.3. The maximum Gasteiger partial charge on any atom is 0.416 e. The molecule has 0 saturated carbocycles. The first-order valence-corrected chi connectivity index (χ1v) is 10.9. The minimum absolute atomic E-state index is 0.0948. The number of halogens is 4. The van der Waals surface area contributed by atoms with Gasteiger partial charge in [0.25, 0.3) is 0 Å². The smallest absolute Gasteiger partial charge is 0.308 e. The third kappa shape index (κ3) is 3.98. The molecule has 0 radical (unpaired) electrons. The SMILES string of the molecule is O=C1CC(c2ccc(C(F)(F)F)cc2)c2c(ccc3ccccc23)N1Cc1ccccc1Cl. The molecular formula is C27H19ClF3NO. The minimum atomic E-state index is -4.41. The quantitative estimate of drug-likeness (QED) is 0.305. The predicted molar refractivity (Wildman–Crippen MR) is 124 cm³/mol. The van der Waals surface area contributed by atoms with Crippen LogP contribution in [0.5, 0.6) is 0 Å². The van der Waals surface area contributed by atoms with Crippen molar-refractivity contribution in [2.45, 2.75) is 25.1 Å². The zero-order valence-electron chi connectivity index (χ0n) is 17.4. The molecule has 0 saturated heterocycles. The van der Waals surface area contributed by atoms with Crippen LogP contribution in [0.3, 0.4) is 0 Å². The zero-order valence-corrected chi connectivity index (χ0v) is 18.2. The van der Waals surface area contributed by atoms with Crippen LogP contribution in [0.15, 0.2) is 84.9 Å². The Morgan fingerprint density at radius 1 is 0.879 bits per heavy atom. The van der Waals surface area contributed by atoms with Crippen LogP contribution in [0.4, 0.5) is 18.9 Å². The molecule has 0 N–H and O–H groups in total. The van der Waals surface area contributed by atoms with E-state index in [9.17, 15) is 18.0 Å². The third-order valence-corrected chi connectivity index (χ3v) is 6.56.